The van der Waals surface area contributed by atoms with Crippen molar-refractivity contribution in [3.05, 3.63) is 48.0 Å². The summed E-state index contributed by atoms with van der Waals surface area (Å²) in [7, 11) is 1.28. The number of hydrogen-bond donors (Lipinski definition) is 0. The predicted octanol–water partition coefficient (Wildman–Crippen LogP) is 3.96. The van der Waals surface area contributed by atoms with Crippen LogP contribution in [0, 0.1) is 0 Å². The zero-order valence-electron chi connectivity index (χ0n) is 13.5. The van der Waals surface area contributed by atoms with E-state index >= 15 is 0 Å². The standard InChI is InChI=1S/C19H18O5/c1-3-16(20)23-17-12-8-4-6-10-14(12)18(24-19(21)22-2)15-11-7-5-9-13(15)17/h3-4,6,8,10H,1,5,7,9,11H2,2H3. The van der Waals surface area contributed by atoms with Crippen molar-refractivity contribution in [2.75, 3.05) is 7.11 Å². The van der Waals surface area contributed by atoms with Crippen molar-refractivity contribution >= 4 is 22.9 Å². The molecule has 3 rings (SSSR count). The maximum atomic E-state index is 11.8. The monoisotopic (exact) mass is 326 g/mol. The fraction of sp³-hybridized carbons (Fsp3) is 0.263. The van der Waals surface area contributed by atoms with Gasteiger partial charge in [0.15, 0.2) is 0 Å². The average molecular weight is 326 g/mol. The van der Waals surface area contributed by atoms with Gasteiger partial charge in [-0.05, 0) is 25.7 Å². The molecule has 0 saturated carbocycles. The maximum absolute atomic E-state index is 11.8. The lowest BCUT2D eigenvalue weighted by Gasteiger charge is -2.23. The van der Waals surface area contributed by atoms with Gasteiger partial charge in [0.05, 0.1) is 7.11 Å². The van der Waals surface area contributed by atoms with E-state index < -0.39 is 12.1 Å². The molecule has 24 heavy (non-hydrogen) atoms. The Hall–Kier alpha value is -2.82. The molecule has 5 heteroatoms. The predicted molar refractivity (Wildman–Crippen MR) is 89.5 cm³/mol. The minimum absolute atomic E-state index is 0.491. The Bertz CT molecular complexity index is 822. The van der Waals surface area contributed by atoms with Crippen molar-refractivity contribution < 1.29 is 23.8 Å². The smallest absolute Gasteiger partial charge is 0.437 e. The van der Waals surface area contributed by atoms with Crippen LogP contribution >= 0.6 is 0 Å². The number of carbonyl (C=O) groups excluding carboxylic acids is 2. The van der Waals surface area contributed by atoms with Crippen LogP contribution in [0.25, 0.3) is 10.8 Å². The van der Waals surface area contributed by atoms with E-state index in [1.54, 1.807) is 0 Å². The van der Waals surface area contributed by atoms with E-state index in [0.717, 1.165) is 53.7 Å². The van der Waals surface area contributed by atoms with Gasteiger partial charge in [-0.25, -0.2) is 9.59 Å². The minimum atomic E-state index is -0.760. The van der Waals surface area contributed by atoms with Crippen LogP contribution in [-0.2, 0) is 22.4 Å². The van der Waals surface area contributed by atoms with Gasteiger partial charge >= 0.3 is 12.1 Å². The summed E-state index contributed by atoms with van der Waals surface area (Å²) < 4.78 is 15.6. The first-order valence-corrected chi connectivity index (χ1v) is 7.82. The lowest BCUT2D eigenvalue weighted by Crippen LogP contribution is -2.15. The molecule has 0 atom stereocenters. The molecule has 0 aliphatic heterocycles. The molecule has 124 valence electrons. The summed E-state index contributed by atoms with van der Waals surface area (Å²) in [4.78, 5) is 23.5. The first-order chi connectivity index (χ1) is 11.7. The van der Waals surface area contributed by atoms with Gasteiger partial charge in [0, 0.05) is 28.0 Å². The van der Waals surface area contributed by atoms with E-state index in [1.807, 2.05) is 24.3 Å². The largest absolute Gasteiger partial charge is 0.513 e. The van der Waals surface area contributed by atoms with Gasteiger partial charge in [-0.2, -0.15) is 0 Å². The van der Waals surface area contributed by atoms with Gasteiger partial charge in [0.25, 0.3) is 0 Å². The summed E-state index contributed by atoms with van der Waals surface area (Å²) in [6.07, 6.45) is 3.87. The number of esters is 1. The molecule has 0 N–H and O–H groups in total. The van der Waals surface area contributed by atoms with Gasteiger partial charge in [-0.3, -0.25) is 0 Å². The fourth-order valence-corrected chi connectivity index (χ4v) is 3.11. The Morgan fingerprint density at radius 1 is 1.00 bits per heavy atom. The summed E-state index contributed by atoms with van der Waals surface area (Å²) in [5.74, 6) is 0.516. The second kappa shape index (κ2) is 6.74. The van der Waals surface area contributed by atoms with Gasteiger partial charge in [0.1, 0.15) is 11.5 Å². The number of hydrogen-bond acceptors (Lipinski definition) is 5. The fourth-order valence-electron chi connectivity index (χ4n) is 3.11. The Labute approximate surface area is 139 Å². The zero-order chi connectivity index (χ0) is 17.1. The van der Waals surface area contributed by atoms with Crippen LogP contribution < -0.4 is 9.47 Å². The molecule has 0 saturated heterocycles. The van der Waals surface area contributed by atoms with Crippen LogP contribution in [0.1, 0.15) is 24.0 Å². The van der Waals surface area contributed by atoms with Crippen LogP contribution in [0.4, 0.5) is 4.79 Å². The number of rotatable bonds is 3. The molecule has 1 aliphatic rings. The van der Waals surface area contributed by atoms with Crippen LogP contribution in [0.2, 0.25) is 0 Å². The second-order valence-corrected chi connectivity index (χ2v) is 5.55. The lowest BCUT2D eigenvalue weighted by atomic mass is 9.87. The number of benzene rings is 2. The molecule has 0 spiro atoms. The lowest BCUT2D eigenvalue weighted by molar-refractivity contribution is -0.128. The highest BCUT2D eigenvalue weighted by Crippen LogP contribution is 2.44. The summed E-state index contributed by atoms with van der Waals surface area (Å²) in [5, 5.41) is 1.45. The SMILES string of the molecule is C=CC(=O)Oc1c2c(c(OC(=O)OC)c3ccccc13)CCCC2. The summed E-state index contributed by atoms with van der Waals surface area (Å²) in [6, 6.07) is 7.39. The summed E-state index contributed by atoms with van der Waals surface area (Å²) >= 11 is 0. The van der Waals surface area contributed by atoms with Crippen LogP contribution in [0.15, 0.2) is 36.9 Å². The average Bonchev–Trinajstić information content (AvgIpc) is 2.63. The van der Waals surface area contributed by atoms with Crippen molar-refractivity contribution in [2.24, 2.45) is 0 Å². The van der Waals surface area contributed by atoms with E-state index in [-0.39, 0.29) is 0 Å². The van der Waals surface area contributed by atoms with E-state index in [0.29, 0.717) is 11.5 Å². The number of carbonyl (C=O) groups is 2. The zero-order valence-corrected chi connectivity index (χ0v) is 13.5. The van der Waals surface area contributed by atoms with E-state index in [9.17, 15) is 9.59 Å². The molecule has 1 aliphatic carbocycles. The van der Waals surface area contributed by atoms with Crippen LogP contribution in [-0.4, -0.2) is 19.2 Å². The van der Waals surface area contributed by atoms with Crippen molar-refractivity contribution in [1.82, 2.24) is 0 Å². The molecule has 0 radical (unpaired) electrons. The molecule has 2 aromatic carbocycles. The molecule has 5 nitrogen and oxygen atoms in total. The summed E-state index contributed by atoms with van der Waals surface area (Å²) in [6.45, 7) is 3.46. The Morgan fingerprint density at radius 3 is 2.04 bits per heavy atom. The van der Waals surface area contributed by atoms with Gasteiger partial charge in [-0.1, -0.05) is 30.8 Å². The van der Waals surface area contributed by atoms with Crippen LogP contribution in [0.3, 0.4) is 0 Å². The van der Waals surface area contributed by atoms with E-state index in [2.05, 4.69) is 11.3 Å². The Balaban J connectivity index is 2.28. The third kappa shape index (κ3) is 2.85. The quantitative estimate of drug-likeness (QED) is 0.370. The van der Waals surface area contributed by atoms with Crippen molar-refractivity contribution in [1.29, 1.82) is 0 Å². The Kier molecular flexibility index (Phi) is 4.51. The Morgan fingerprint density at radius 2 is 1.54 bits per heavy atom. The minimum Gasteiger partial charge on any atom is -0.437 e. The molecule has 0 fully saturated rings. The van der Waals surface area contributed by atoms with Gasteiger partial charge < -0.3 is 14.2 Å². The van der Waals surface area contributed by atoms with Gasteiger partial charge in [-0.15, -0.1) is 0 Å². The molecule has 0 amide bonds. The number of ether oxygens (including phenoxy) is 3. The highest BCUT2D eigenvalue weighted by Gasteiger charge is 2.26. The van der Waals surface area contributed by atoms with Gasteiger partial charge in [0.2, 0.25) is 0 Å². The first-order valence-electron chi connectivity index (χ1n) is 7.82. The third-order valence-electron chi connectivity index (χ3n) is 4.15. The highest BCUT2D eigenvalue weighted by atomic mass is 16.7. The maximum Gasteiger partial charge on any atom is 0.513 e. The van der Waals surface area contributed by atoms with Crippen LogP contribution in [0.5, 0.6) is 11.5 Å². The van der Waals surface area contributed by atoms with Crippen molar-refractivity contribution in [3.8, 4) is 11.5 Å². The molecule has 0 aromatic heterocycles. The van der Waals surface area contributed by atoms with E-state index in [1.165, 1.54) is 7.11 Å². The molecule has 2 aromatic rings. The summed E-state index contributed by atoms with van der Waals surface area (Å²) in [5.41, 5.74) is 1.81. The van der Waals surface area contributed by atoms with E-state index in [4.69, 9.17) is 9.47 Å². The molecule has 0 bridgehead atoms. The molecule has 0 heterocycles. The second-order valence-electron chi connectivity index (χ2n) is 5.55. The molecule has 0 unspecified atom stereocenters. The molecular formula is C19H18O5. The highest BCUT2D eigenvalue weighted by molar-refractivity contribution is 5.99. The number of fused-ring (bicyclic) bond motifs is 2. The first kappa shape index (κ1) is 16.1. The van der Waals surface area contributed by atoms with Crippen molar-refractivity contribution in [3.63, 3.8) is 0 Å². The third-order valence-corrected chi connectivity index (χ3v) is 4.15. The number of methoxy groups -OCH3 is 1. The molecular weight excluding hydrogens is 308 g/mol. The van der Waals surface area contributed by atoms with Crippen molar-refractivity contribution in [2.45, 2.75) is 25.7 Å². The normalized spacial score (nSPS) is 13.0. The topological polar surface area (TPSA) is 61.8 Å².